The van der Waals surface area contributed by atoms with Gasteiger partial charge in [-0.15, -0.1) is 0 Å². The molecule has 0 aromatic heterocycles. The Balaban J connectivity index is 2.46. The van der Waals surface area contributed by atoms with E-state index in [1.807, 2.05) is 0 Å². The fourth-order valence-electron chi connectivity index (χ4n) is 2.08. The predicted octanol–water partition coefficient (Wildman–Crippen LogP) is 4.41. The molecule has 0 amide bonds. The first-order valence-electron chi connectivity index (χ1n) is 7.09. The van der Waals surface area contributed by atoms with Gasteiger partial charge in [-0.1, -0.05) is 17.8 Å². The summed E-state index contributed by atoms with van der Waals surface area (Å²) in [5, 5.41) is 9.21. The lowest BCUT2D eigenvalue weighted by Crippen LogP contribution is -2.09. The van der Waals surface area contributed by atoms with Crippen LogP contribution in [0, 0.1) is 5.82 Å². The molecule has 0 atom stereocenters. The van der Waals surface area contributed by atoms with Gasteiger partial charge in [0.05, 0.1) is 24.7 Å². The summed E-state index contributed by atoms with van der Waals surface area (Å²) >= 11 is 0.759. The van der Waals surface area contributed by atoms with Crippen molar-refractivity contribution >= 4 is 23.7 Å². The van der Waals surface area contributed by atoms with Gasteiger partial charge in [-0.05, 0) is 35.9 Å². The van der Waals surface area contributed by atoms with E-state index in [2.05, 4.69) is 4.74 Å². The Morgan fingerprint density at radius 1 is 1.12 bits per heavy atom. The number of halogens is 4. The highest BCUT2D eigenvalue weighted by atomic mass is 32.2. The van der Waals surface area contributed by atoms with Gasteiger partial charge in [-0.25, -0.2) is 9.18 Å². The molecule has 138 valence electrons. The highest BCUT2D eigenvalue weighted by Gasteiger charge is 2.32. The third-order valence-electron chi connectivity index (χ3n) is 3.35. The quantitative estimate of drug-likeness (QED) is 0.607. The zero-order valence-corrected chi connectivity index (χ0v) is 14.1. The van der Waals surface area contributed by atoms with E-state index < -0.39 is 35.1 Å². The highest BCUT2D eigenvalue weighted by molar-refractivity contribution is 7.99. The molecule has 0 bridgehead atoms. The van der Waals surface area contributed by atoms with E-state index in [4.69, 9.17) is 0 Å². The molecule has 9 heteroatoms. The average molecular weight is 388 g/mol. The zero-order chi connectivity index (χ0) is 19.5. The summed E-state index contributed by atoms with van der Waals surface area (Å²) in [7, 11) is 1.18. The van der Waals surface area contributed by atoms with Gasteiger partial charge in [-0.2, -0.15) is 13.2 Å². The molecule has 0 fully saturated rings. The molecule has 0 saturated carbocycles. The Morgan fingerprint density at radius 3 is 2.38 bits per heavy atom. The predicted molar refractivity (Wildman–Crippen MR) is 84.6 cm³/mol. The molecular weight excluding hydrogens is 376 g/mol. The Morgan fingerprint density at radius 2 is 1.81 bits per heavy atom. The standard InChI is InChI=1S/C17H12F4O4S/c1-25-15(22)6-9-2-4-11(18)8-14(9)26-13-5-3-10(17(19,20)21)7-12(13)16(23)24/h2-5,7-8H,6H2,1H3,(H,23,24). The molecule has 2 rings (SSSR count). The van der Waals surface area contributed by atoms with Gasteiger partial charge in [-0.3, -0.25) is 4.79 Å². The smallest absolute Gasteiger partial charge is 0.416 e. The number of methoxy groups -OCH3 is 1. The number of ether oxygens (including phenoxy) is 1. The molecule has 0 aliphatic rings. The fraction of sp³-hybridized carbons (Fsp3) is 0.176. The summed E-state index contributed by atoms with van der Waals surface area (Å²) in [6.45, 7) is 0. The number of carbonyl (C=O) groups is 2. The van der Waals surface area contributed by atoms with Crippen LogP contribution in [0.1, 0.15) is 21.5 Å². The van der Waals surface area contributed by atoms with Gasteiger partial charge >= 0.3 is 18.1 Å². The van der Waals surface area contributed by atoms with E-state index in [1.165, 1.54) is 13.2 Å². The summed E-state index contributed by atoms with van der Waals surface area (Å²) < 4.78 is 56.5. The fourth-order valence-corrected chi connectivity index (χ4v) is 3.15. The van der Waals surface area contributed by atoms with E-state index >= 15 is 0 Å². The number of aromatic carboxylic acids is 1. The van der Waals surface area contributed by atoms with Crippen molar-refractivity contribution in [3.63, 3.8) is 0 Å². The van der Waals surface area contributed by atoms with Crippen molar-refractivity contribution in [2.24, 2.45) is 0 Å². The number of carbonyl (C=O) groups excluding carboxylic acids is 1. The van der Waals surface area contributed by atoms with Crippen LogP contribution < -0.4 is 0 Å². The van der Waals surface area contributed by atoms with Crippen LogP contribution in [0.25, 0.3) is 0 Å². The summed E-state index contributed by atoms with van der Waals surface area (Å²) in [6.07, 6.45) is -4.88. The van der Waals surface area contributed by atoms with Gasteiger partial charge in [0.2, 0.25) is 0 Å². The number of benzene rings is 2. The van der Waals surface area contributed by atoms with Gasteiger partial charge in [0.1, 0.15) is 5.82 Å². The molecule has 4 nitrogen and oxygen atoms in total. The number of esters is 1. The van der Waals surface area contributed by atoms with Crippen LogP contribution in [0.4, 0.5) is 17.6 Å². The minimum atomic E-state index is -4.69. The van der Waals surface area contributed by atoms with Crippen LogP contribution in [0.3, 0.4) is 0 Å². The van der Waals surface area contributed by atoms with Crippen molar-refractivity contribution in [3.8, 4) is 0 Å². The molecule has 0 saturated heterocycles. The number of carboxylic acid groups (broad SMARTS) is 1. The molecule has 2 aromatic rings. The summed E-state index contributed by atoms with van der Waals surface area (Å²) in [5.74, 6) is -2.78. The molecule has 0 aliphatic heterocycles. The van der Waals surface area contributed by atoms with E-state index in [-0.39, 0.29) is 16.2 Å². The highest BCUT2D eigenvalue weighted by Crippen LogP contribution is 2.37. The van der Waals surface area contributed by atoms with Crippen molar-refractivity contribution in [2.75, 3.05) is 7.11 Å². The molecular formula is C17H12F4O4S. The third-order valence-corrected chi connectivity index (χ3v) is 4.52. The second kappa shape index (κ2) is 7.77. The van der Waals surface area contributed by atoms with Crippen LogP contribution >= 0.6 is 11.8 Å². The Hall–Kier alpha value is -2.55. The first-order chi connectivity index (χ1) is 12.1. The molecule has 2 aromatic carbocycles. The second-order valence-corrected chi connectivity index (χ2v) is 6.20. The van der Waals surface area contributed by atoms with Crippen molar-refractivity contribution < 1.29 is 37.0 Å². The Labute approximate surface area is 149 Å². The van der Waals surface area contributed by atoms with Crippen molar-refractivity contribution in [2.45, 2.75) is 22.4 Å². The lowest BCUT2D eigenvalue weighted by molar-refractivity contribution is -0.140. The van der Waals surface area contributed by atoms with Crippen molar-refractivity contribution in [1.29, 1.82) is 0 Å². The molecule has 0 radical (unpaired) electrons. The Bertz CT molecular complexity index is 849. The van der Waals surface area contributed by atoms with E-state index in [0.29, 0.717) is 11.6 Å². The molecule has 0 heterocycles. The summed E-state index contributed by atoms with van der Waals surface area (Å²) in [6, 6.07) is 5.79. The lowest BCUT2D eigenvalue weighted by Gasteiger charge is -2.13. The summed E-state index contributed by atoms with van der Waals surface area (Å²) in [4.78, 5) is 23.0. The van der Waals surface area contributed by atoms with Crippen molar-refractivity contribution in [1.82, 2.24) is 0 Å². The normalized spacial score (nSPS) is 11.3. The average Bonchev–Trinajstić information content (AvgIpc) is 2.56. The number of hydrogen-bond acceptors (Lipinski definition) is 4. The molecule has 0 spiro atoms. The van der Waals surface area contributed by atoms with Crippen LogP contribution in [0.2, 0.25) is 0 Å². The molecule has 1 N–H and O–H groups in total. The zero-order valence-electron chi connectivity index (χ0n) is 13.3. The molecule has 0 unspecified atom stereocenters. The second-order valence-electron chi connectivity index (χ2n) is 5.12. The van der Waals surface area contributed by atoms with Gasteiger partial charge in [0.15, 0.2) is 0 Å². The van der Waals surface area contributed by atoms with E-state index in [0.717, 1.165) is 36.0 Å². The topological polar surface area (TPSA) is 63.6 Å². The first-order valence-corrected chi connectivity index (χ1v) is 7.91. The Kier molecular flexibility index (Phi) is 5.91. The minimum absolute atomic E-state index is 0.0118. The number of hydrogen-bond donors (Lipinski definition) is 1. The maximum absolute atomic E-state index is 13.6. The van der Waals surface area contributed by atoms with E-state index in [1.54, 1.807) is 0 Å². The maximum Gasteiger partial charge on any atom is 0.416 e. The summed E-state index contributed by atoms with van der Waals surface area (Å²) in [5.41, 5.74) is -1.31. The largest absolute Gasteiger partial charge is 0.478 e. The van der Waals surface area contributed by atoms with Crippen LogP contribution in [0.15, 0.2) is 46.2 Å². The maximum atomic E-state index is 13.6. The number of rotatable bonds is 5. The SMILES string of the molecule is COC(=O)Cc1ccc(F)cc1Sc1ccc(C(F)(F)F)cc1C(=O)O. The lowest BCUT2D eigenvalue weighted by atomic mass is 10.1. The van der Waals surface area contributed by atoms with Crippen LogP contribution in [-0.4, -0.2) is 24.2 Å². The van der Waals surface area contributed by atoms with Crippen LogP contribution in [0.5, 0.6) is 0 Å². The number of carboxylic acids is 1. The number of alkyl halides is 3. The monoisotopic (exact) mass is 388 g/mol. The van der Waals surface area contributed by atoms with E-state index in [9.17, 15) is 32.3 Å². The van der Waals surface area contributed by atoms with Crippen molar-refractivity contribution in [3.05, 3.63) is 58.9 Å². The van der Waals surface area contributed by atoms with Crippen LogP contribution in [-0.2, 0) is 22.1 Å². The molecule has 0 aliphatic carbocycles. The van der Waals surface area contributed by atoms with Gasteiger partial charge < -0.3 is 9.84 Å². The third kappa shape index (κ3) is 4.75. The van der Waals surface area contributed by atoms with Gasteiger partial charge in [0, 0.05) is 9.79 Å². The first kappa shape index (κ1) is 19.8. The minimum Gasteiger partial charge on any atom is -0.478 e. The van der Waals surface area contributed by atoms with Gasteiger partial charge in [0.25, 0.3) is 0 Å². The molecule has 26 heavy (non-hydrogen) atoms.